The molecule has 28 heavy (non-hydrogen) atoms. The highest BCUT2D eigenvalue weighted by atomic mass is 32.1. The average Bonchev–Trinajstić information content (AvgIpc) is 3.13. The van der Waals surface area contributed by atoms with E-state index >= 15 is 0 Å². The van der Waals surface area contributed by atoms with Gasteiger partial charge < -0.3 is 15.1 Å². The third-order valence-corrected chi connectivity index (χ3v) is 6.00. The minimum absolute atomic E-state index is 0.757. The lowest BCUT2D eigenvalue weighted by Crippen LogP contribution is -2.38. The van der Waals surface area contributed by atoms with Crippen LogP contribution >= 0.6 is 11.3 Å². The van der Waals surface area contributed by atoms with Crippen LogP contribution in [0.5, 0.6) is 0 Å². The maximum absolute atomic E-state index is 4.79. The normalized spacial score (nSPS) is 15.0. The summed E-state index contributed by atoms with van der Waals surface area (Å²) < 4.78 is 0. The number of anilines is 1. The smallest absolute Gasteiger partial charge is 0.193 e. The third kappa shape index (κ3) is 5.96. The molecule has 1 aliphatic rings. The van der Waals surface area contributed by atoms with Gasteiger partial charge in [-0.1, -0.05) is 12.1 Å². The van der Waals surface area contributed by atoms with E-state index in [9.17, 15) is 0 Å². The summed E-state index contributed by atoms with van der Waals surface area (Å²) in [4.78, 5) is 15.2. The molecule has 1 aromatic carbocycles. The SMILES string of the molecule is CCNC(=NCCc1ncc(C)s1)N(C)Cc1ccc(N2CCCCC2)cc1. The van der Waals surface area contributed by atoms with Gasteiger partial charge in [0.15, 0.2) is 5.96 Å². The molecule has 0 saturated carbocycles. The van der Waals surface area contributed by atoms with Crippen molar-refractivity contribution in [2.24, 2.45) is 4.99 Å². The largest absolute Gasteiger partial charge is 0.372 e. The van der Waals surface area contributed by atoms with E-state index in [0.29, 0.717) is 0 Å². The van der Waals surface area contributed by atoms with Crippen LogP contribution < -0.4 is 10.2 Å². The standard InChI is InChI=1S/C22H33N5S/c1-4-23-22(24-13-12-21-25-16-18(2)28-21)26(3)17-19-8-10-20(11-9-19)27-14-6-5-7-15-27/h8-11,16H,4-7,12-15,17H2,1-3H3,(H,23,24). The highest BCUT2D eigenvalue weighted by Crippen LogP contribution is 2.20. The molecular formula is C22H33N5S. The van der Waals surface area contributed by atoms with Crippen molar-refractivity contribution < 1.29 is 0 Å². The fraction of sp³-hybridized carbons (Fsp3) is 0.545. The number of nitrogens with zero attached hydrogens (tertiary/aromatic N) is 4. The molecule has 1 aromatic heterocycles. The van der Waals surface area contributed by atoms with Crippen LogP contribution in [0.1, 0.15) is 41.6 Å². The summed E-state index contributed by atoms with van der Waals surface area (Å²) in [6.07, 6.45) is 6.83. The zero-order valence-electron chi connectivity index (χ0n) is 17.4. The Hall–Kier alpha value is -2.08. The lowest BCUT2D eigenvalue weighted by molar-refractivity contribution is 0.477. The van der Waals surface area contributed by atoms with Gasteiger partial charge in [0.2, 0.25) is 0 Å². The van der Waals surface area contributed by atoms with E-state index in [2.05, 4.69) is 65.3 Å². The van der Waals surface area contributed by atoms with Crippen molar-refractivity contribution in [1.29, 1.82) is 0 Å². The van der Waals surface area contributed by atoms with Crippen LogP contribution in [0.2, 0.25) is 0 Å². The van der Waals surface area contributed by atoms with Gasteiger partial charge in [-0.3, -0.25) is 4.99 Å². The van der Waals surface area contributed by atoms with Crippen molar-refractivity contribution in [1.82, 2.24) is 15.2 Å². The zero-order chi connectivity index (χ0) is 19.8. The minimum atomic E-state index is 0.757. The van der Waals surface area contributed by atoms with Crippen molar-refractivity contribution >= 4 is 23.0 Å². The van der Waals surface area contributed by atoms with Gasteiger partial charge in [0, 0.05) is 63.0 Å². The fourth-order valence-corrected chi connectivity index (χ4v) is 4.33. The topological polar surface area (TPSA) is 43.8 Å². The molecule has 1 N–H and O–H groups in total. The van der Waals surface area contributed by atoms with Crippen LogP contribution in [0.15, 0.2) is 35.5 Å². The molecule has 0 spiro atoms. The molecule has 0 unspecified atom stereocenters. The van der Waals surface area contributed by atoms with E-state index in [4.69, 9.17) is 4.99 Å². The van der Waals surface area contributed by atoms with E-state index < -0.39 is 0 Å². The highest BCUT2D eigenvalue weighted by Gasteiger charge is 2.11. The zero-order valence-corrected chi connectivity index (χ0v) is 18.3. The molecule has 1 fully saturated rings. The number of guanidine groups is 1. The summed E-state index contributed by atoms with van der Waals surface area (Å²) >= 11 is 1.76. The van der Waals surface area contributed by atoms with Crippen LogP contribution in [-0.4, -0.2) is 49.1 Å². The van der Waals surface area contributed by atoms with Crippen LogP contribution in [0.4, 0.5) is 5.69 Å². The van der Waals surface area contributed by atoms with Gasteiger partial charge in [0.05, 0.1) is 5.01 Å². The van der Waals surface area contributed by atoms with Crippen molar-refractivity contribution in [3.05, 3.63) is 45.9 Å². The molecule has 3 rings (SSSR count). The second kappa shape index (κ2) is 10.5. The molecule has 2 heterocycles. The lowest BCUT2D eigenvalue weighted by atomic mass is 10.1. The molecule has 0 amide bonds. The first-order chi connectivity index (χ1) is 13.7. The summed E-state index contributed by atoms with van der Waals surface area (Å²) in [5.74, 6) is 0.955. The maximum Gasteiger partial charge on any atom is 0.193 e. The first-order valence-electron chi connectivity index (χ1n) is 10.4. The average molecular weight is 400 g/mol. The number of hydrogen-bond acceptors (Lipinski definition) is 4. The quantitative estimate of drug-likeness (QED) is 0.563. The van der Waals surface area contributed by atoms with Crippen LogP contribution in [0.25, 0.3) is 0 Å². The van der Waals surface area contributed by atoms with Crippen LogP contribution in [0, 0.1) is 6.92 Å². The number of thiazole rings is 1. The van der Waals surface area contributed by atoms with E-state index in [-0.39, 0.29) is 0 Å². The summed E-state index contributed by atoms with van der Waals surface area (Å²) in [7, 11) is 2.10. The first-order valence-corrected chi connectivity index (χ1v) is 11.2. The molecule has 5 nitrogen and oxygen atoms in total. The Kier molecular flexibility index (Phi) is 7.71. The van der Waals surface area contributed by atoms with E-state index in [1.54, 1.807) is 11.3 Å². The van der Waals surface area contributed by atoms with Gasteiger partial charge in [-0.05, 0) is 50.8 Å². The lowest BCUT2D eigenvalue weighted by Gasteiger charge is -2.29. The number of nitrogens with one attached hydrogen (secondary N) is 1. The second-order valence-electron chi connectivity index (χ2n) is 7.42. The number of aryl methyl sites for hydroxylation is 1. The summed E-state index contributed by atoms with van der Waals surface area (Å²) in [5, 5.41) is 4.57. The molecule has 0 aliphatic carbocycles. The number of benzene rings is 1. The minimum Gasteiger partial charge on any atom is -0.372 e. The molecule has 152 valence electrons. The monoisotopic (exact) mass is 399 g/mol. The summed E-state index contributed by atoms with van der Waals surface area (Å²) in [5.41, 5.74) is 2.66. The first kappa shape index (κ1) is 20.6. The van der Waals surface area contributed by atoms with Gasteiger partial charge in [-0.2, -0.15) is 0 Å². The molecule has 1 saturated heterocycles. The Balaban J connectivity index is 1.56. The van der Waals surface area contributed by atoms with Gasteiger partial charge in [0.1, 0.15) is 0 Å². The van der Waals surface area contributed by atoms with Crippen molar-refractivity contribution in [3.8, 4) is 0 Å². The van der Waals surface area contributed by atoms with E-state index in [0.717, 1.165) is 37.0 Å². The maximum atomic E-state index is 4.79. The Morgan fingerprint density at radius 3 is 2.61 bits per heavy atom. The predicted molar refractivity (Wildman–Crippen MR) is 121 cm³/mol. The Labute approximate surface area is 173 Å². The van der Waals surface area contributed by atoms with Crippen LogP contribution in [0.3, 0.4) is 0 Å². The fourth-order valence-electron chi connectivity index (χ4n) is 3.56. The molecule has 0 atom stereocenters. The summed E-state index contributed by atoms with van der Waals surface area (Å²) in [6, 6.07) is 9.04. The second-order valence-corrected chi connectivity index (χ2v) is 8.74. The van der Waals surface area contributed by atoms with E-state index in [1.807, 2.05) is 6.20 Å². The molecule has 1 aliphatic heterocycles. The van der Waals surface area contributed by atoms with Crippen molar-refractivity contribution in [2.45, 2.75) is 46.1 Å². The number of aromatic nitrogens is 1. The molecule has 6 heteroatoms. The Morgan fingerprint density at radius 1 is 1.21 bits per heavy atom. The molecule has 0 bridgehead atoms. The van der Waals surface area contributed by atoms with Gasteiger partial charge >= 0.3 is 0 Å². The number of hydrogen-bond donors (Lipinski definition) is 1. The Morgan fingerprint density at radius 2 is 1.96 bits per heavy atom. The van der Waals surface area contributed by atoms with Crippen molar-refractivity contribution in [3.63, 3.8) is 0 Å². The number of rotatable bonds is 7. The summed E-state index contributed by atoms with van der Waals surface area (Å²) in [6.45, 7) is 9.06. The number of piperidine rings is 1. The molecule has 0 radical (unpaired) electrons. The van der Waals surface area contributed by atoms with Gasteiger partial charge in [-0.15, -0.1) is 11.3 Å². The van der Waals surface area contributed by atoms with Gasteiger partial charge in [-0.25, -0.2) is 4.98 Å². The van der Waals surface area contributed by atoms with E-state index in [1.165, 1.54) is 48.5 Å². The van der Waals surface area contributed by atoms with Crippen molar-refractivity contribution in [2.75, 3.05) is 38.1 Å². The predicted octanol–water partition coefficient (Wildman–Crippen LogP) is 4.08. The van der Waals surface area contributed by atoms with Gasteiger partial charge in [0.25, 0.3) is 0 Å². The third-order valence-electron chi connectivity index (χ3n) is 5.03. The van der Waals surface area contributed by atoms with Crippen LogP contribution in [-0.2, 0) is 13.0 Å². The molecular weight excluding hydrogens is 366 g/mol. The number of aliphatic imine (C=N–C) groups is 1. The Bertz CT molecular complexity index is 747. The highest BCUT2D eigenvalue weighted by molar-refractivity contribution is 7.11. The molecule has 2 aromatic rings.